The maximum absolute atomic E-state index is 4.36. The molecule has 0 N–H and O–H groups in total. The van der Waals surface area contributed by atoms with E-state index in [0.717, 1.165) is 21.9 Å². The molecule has 1 saturated carbocycles. The Hall–Kier alpha value is -0.810. The van der Waals surface area contributed by atoms with E-state index >= 15 is 0 Å². The number of nitrogens with zero attached hydrogens (tertiary/aromatic N) is 3. The first-order valence-corrected chi connectivity index (χ1v) is 8.36. The molecule has 0 bridgehead atoms. The van der Waals surface area contributed by atoms with E-state index in [1.165, 1.54) is 24.2 Å². The van der Waals surface area contributed by atoms with Crippen LogP contribution in [0.25, 0.3) is 0 Å². The molecular formula is C14H16BrN3S. The molecule has 0 radical (unpaired) electrons. The molecule has 0 saturated heterocycles. The van der Waals surface area contributed by atoms with Gasteiger partial charge in [-0.2, -0.15) is 0 Å². The number of hydrogen-bond donors (Lipinski definition) is 0. The van der Waals surface area contributed by atoms with Crippen molar-refractivity contribution < 1.29 is 0 Å². The molecule has 0 aliphatic heterocycles. The van der Waals surface area contributed by atoms with Gasteiger partial charge in [-0.25, -0.2) is 0 Å². The predicted molar refractivity (Wildman–Crippen MR) is 81.4 cm³/mol. The number of aromatic nitrogens is 3. The van der Waals surface area contributed by atoms with E-state index in [1.807, 2.05) is 0 Å². The summed E-state index contributed by atoms with van der Waals surface area (Å²) in [6.07, 6.45) is 2.55. The fourth-order valence-electron chi connectivity index (χ4n) is 2.08. The Morgan fingerprint density at radius 2 is 2.00 bits per heavy atom. The summed E-state index contributed by atoms with van der Waals surface area (Å²) in [5.74, 6) is 2.78. The van der Waals surface area contributed by atoms with Crippen molar-refractivity contribution in [3.8, 4) is 0 Å². The van der Waals surface area contributed by atoms with Crippen LogP contribution >= 0.6 is 27.7 Å². The highest BCUT2D eigenvalue weighted by Crippen LogP contribution is 2.40. The molecule has 0 spiro atoms. The van der Waals surface area contributed by atoms with Gasteiger partial charge in [0.2, 0.25) is 0 Å². The van der Waals surface area contributed by atoms with Crippen molar-refractivity contribution in [3.63, 3.8) is 0 Å². The second-order valence-corrected chi connectivity index (χ2v) is 6.63. The Morgan fingerprint density at radius 1 is 1.26 bits per heavy atom. The van der Waals surface area contributed by atoms with Crippen molar-refractivity contribution in [2.45, 2.75) is 43.1 Å². The van der Waals surface area contributed by atoms with Crippen molar-refractivity contribution in [1.82, 2.24) is 14.8 Å². The normalized spacial score (nSPS) is 14.8. The molecule has 1 fully saturated rings. The summed E-state index contributed by atoms with van der Waals surface area (Å²) in [6, 6.07) is 8.45. The molecule has 100 valence electrons. The highest BCUT2D eigenvalue weighted by molar-refractivity contribution is 9.10. The third kappa shape index (κ3) is 3.03. The van der Waals surface area contributed by atoms with E-state index in [4.69, 9.17) is 0 Å². The lowest BCUT2D eigenvalue weighted by atomic mass is 10.2. The minimum absolute atomic E-state index is 0.662. The molecule has 0 unspecified atom stereocenters. The van der Waals surface area contributed by atoms with Crippen LogP contribution in [0.3, 0.4) is 0 Å². The summed E-state index contributed by atoms with van der Waals surface area (Å²) < 4.78 is 3.38. The fourth-order valence-corrected chi connectivity index (χ4v) is 3.31. The molecule has 1 heterocycles. The second-order valence-electron chi connectivity index (χ2n) is 4.77. The molecule has 0 amide bonds. The molecule has 5 heteroatoms. The molecule has 0 atom stereocenters. The average molecular weight is 338 g/mol. The molecule has 1 aliphatic rings. The molecule has 1 aromatic carbocycles. The third-order valence-corrected chi connectivity index (χ3v) is 4.85. The van der Waals surface area contributed by atoms with Gasteiger partial charge in [-0.05, 0) is 37.5 Å². The van der Waals surface area contributed by atoms with Gasteiger partial charge in [-0.1, -0.05) is 39.8 Å². The summed E-state index contributed by atoms with van der Waals surface area (Å²) in [5, 5.41) is 9.76. The van der Waals surface area contributed by atoms with Crippen LogP contribution in [0.1, 0.15) is 37.1 Å². The standard InChI is InChI=1S/C14H16BrN3S/c1-2-18-13(11-5-6-11)16-17-14(18)19-9-10-3-7-12(15)8-4-10/h3-4,7-8,11H,2,5-6,9H2,1H3. The van der Waals surface area contributed by atoms with Crippen molar-refractivity contribution in [2.75, 3.05) is 0 Å². The Morgan fingerprint density at radius 3 is 2.63 bits per heavy atom. The molecule has 2 aromatic rings. The first-order chi connectivity index (χ1) is 9.28. The van der Waals surface area contributed by atoms with Crippen molar-refractivity contribution >= 4 is 27.7 Å². The number of halogens is 1. The van der Waals surface area contributed by atoms with Crippen LogP contribution < -0.4 is 0 Å². The van der Waals surface area contributed by atoms with Gasteiger partial charge in [0.05, 0.1) is 0 Å². The van der Waals surface area contributed by atoms with E-state index in [1.54, 1.807) is 11.8 Å². The summed E-state index contributed by atoms with van der Waals surface area (Å²) in [7, 11) is 0. The van der Waals surface area contributed by atoms with Crippen LogP contribution in [0.5, 0.6) is 0 Å². The second kappa shape index (κ2) is 5.67. The predicted octanol–water partition coefficient (Wildman–Crippen LogP) is 4.23. The number of thioether (sulfide) groups is 1. The topological polar surface area (TPSA) is 30.7 Å². The van der Waals surface area contributed by atoms with Crippen LogP contribution in [-0.4, -0.2) is 14.8 Å². The van der Waals surface area contributed by atoms with Crippen LogP contribution in [0.4, 0.5) is 0 Å². The summed E-state index contributed by atoms with van der Waals surface area (Å²) in [4.78, 5) is 0. The van der Waals surface area contributed by atoms with Gasteiger partial charge in [-0.15, -0.1) is 10.2 Å². The van der Waals surface area contributed by atoms with Crippen molar-refractivity contribution in [3.05, 3.63) is 40.1 Å². The van der Waals surface area contributed by atoms with Crippen LogP contribution in [0.2, 0.25) is 0 Å². The SMILES string of the molecule is CCn1c(SCc2ccc(Br)cc2)nnc1C1CC1. The Bertz CT molecular complexity index is 561. The largest absolute Gasteiger partial charge is 0.306 e. The Balaban J connectivity index is 1.71. The minimum Gasteiger partial charge on any atom is -0.306 e. The Kier molecular flexibility index (Phi) is 3.93. The Labute approximate surface area is 125 Å². The molecule has 1 aromatic heterocycles. The first kappa shape index (κ1) is 13.2. The van der Waals surface area contributed by atoms with Crippen LogP contribution in [-0.2, 0) is 12.3 Å². The molecule has 3 rings (SSSR count). The minimum atomic E-state index is 0.662. The highest BCUT2D eigenvalue weighted by Gasteiger charge is 2.29. The third-order valence-electron chi connectivity index (χ3n) is 3.29. The number of rotatable bonds is 5. The van der Waals surface area contributed by atoms with Gasteiger partial charge in [0.25, 0.3) is 0 Å². The van der Waals surface area contributed by atoms with Gasteiger partial charge in [-0.3, -0.25) is 0 Å². The monoisotopic (exact) mass is 337 g/mol. The van der Waals surface area contributed by atoms with Gasteiger partial charge >= 0.3 is 0 Å². The summed E-state index contributed by atoms with van der Waals surface area (Å²) >= 11 is 5.23. The fraction of sp³-hybridized carbons (Fsp3) is 0.429. The van der Waals surface area contributed by atoms with Gasteiger partial charge in [0.1, 0.15) is 5.82 Å². The van der Waals surface area contributed by atoms with Crippen LogP contribution in [0.15, 0.2) is 33.9 Å². The lowest BCUT2D eigenvalue weighted by molar-refractivity contribution is 0.643. The van der Waals surface area contributed by atoms with Gasteiger partial charge < -0.3 is 4.57 Å². The maximum Gasteiger partial charge on any atom is 0.191 e. The van der Waals surface area contributed by atoms with Gasteiger partial charge in [0.15, 0.2) is 5.16 Å². The lowest BCUT2D eigenvalue weighted by Gasteiger charge is -2.06. The van der Waals surface area contributed by atoms with Gasteiger partial charge in [0, 0.05) is 22.7 Å². The zero-order valence-electron chi connectivity index (χ0n) is 10.8. The maximum atomic E-state index is 4.36. The van der Waals surface area contributed by atoms with Crippen molar-refractivity contribution in [1.29, 1.82) is 0 Å². The summed E-state index contributed by atoms with van der Waals surface area (Å²) in [5.41, 5.74) is 1.31. The zero-order chi connectivity index (χ0) is 13.2. The lowest BCUT2D eigenvalue weighted by Crippen LogP contribution is -2.01. The number of hydrogen-bond acceptors (Lipinski definition) is 3. The molecule has 1 aliphatic carbocycles. The van der Waals surface area contributed by atoms with E-state index in [2.05, 4.69) is 61.9 Å². The first-order valence-electron chi connectivity index (χ1n) is 6.58. The molecular weight excluding hydrogens is 322 g/mol. The average Bonchev–Trinajstić information content (AvgIpc) is 3.19. The molecule has 3 nitrogen and oxygen atoms in total. The van der Waals surface area contributed by atoms with E-state index in [-0.39, 0.29) is 0 Å². The van der Waals surface area contributed by atoms with E-state index in [0.29, 0.717) is 5.92 Å². The molecule has 19 heavy (non-hydrogen) atoms. The van der Waals surface area contributed by atoms with E-state index in [9.17, 15) is 0 Å². The van der Waals surface area contributed by atoms with Crippen molar-refractivity contribution in [2.24, 2.45) is 0 Å². The zero-order valence-corrected chi connectivity index (χ0v) is 13.2. The smallest absolute Gasteiger partial charge is 0.191 e. The summed E-state index contributed by atoms with van der Waals surface area (Å²) in [6.45, 7) is 3.13. The van der Waals surface area contributed by atoms with E-state index < -0.39 is 0 Å². The highest BCUT2D eigenvalue weighted by atomic mass is 79.9. The van der Waals surface area contributed by atoms with Crippen LogP contribution in [0, 0.1) is 0 Å². The quantitative estimate of drug-likeness (QED) is 0.765. The number of benzene rings is 1.